The third kappa shape index (κ3) is 3.76. The summed E-state index contributed by atoms with van der Waals surface area (Å²) in [5.74, 6) is 0. The fraction of sp³-hybridized carbons (Fsp3) is 0.588. The predicted octanol–water partition coefficient (Wildman–Crippen LogP) is 4.73. The largest absolute Gasteiger partial charge is 0.374 e. The van der Waals surface area contributed by atoms with Crippen molar-refractivity contribution in [1.82, 2.24) is 0 Å². The normalized spacial score (nSPS) is 18.1. The molecular weight excluding hydrogens is 312 g/mol. The number of halogens is 1. The van der Waals surface area contributed by atoms with Crippen molar-refractivity contribution in [3.8, 4) is 6.07 Å². The van der Waals surface area contributed by atoms with Crippen LogP contribution in [0.2, 0.25) is 0 Å². The summed E-state index contributed by atoms with van der Waals surface area (Å²) in [5, 5.41) is 10.1. The fourth-order valence-electron chi connectivity index (χ4n) is 3.22. The molecule has 1 aliphatic rings. The number of benzene rings is 1. The second-order valence-corrected chi connectivity index (χ2v) is 6.63. The molecule has 0 atom stereocenters. The van der Waals surface area contributed by atoms with Crippen LogP contribution in [0.1, 0.15) is 44.1 Å². The Morgan fingerprint density at radius 3 is 2.55 bits per heavy atom. The van der Waals surface area contributed by atoms with E-state index in [2.05, 4.69) is 40.0 Å². The molecule has 3 heteroatoms. The maximum Gasteiger partial charge on any atom is 0.0992 e. The highest BCUT2D eigenvalue weighted by Gasteiger charge is 2.31. The molecule has 2 nitrogen and oxygen atoms in total. The first-order valence-electron chi connectivity index (χ1n) is 7.46. The molecule has 1 aliphatic carbocycles. The Morgan fingerprint density at radius 1 is 1.25 bits per heavy atom. The Morgan fingerprint density at radius 2 is 1.95 bits per heavy atom. The number of rotatable bonds is 4. The molecule has 0 heterocycles. The summed E-state index contributed by atoms with van der Waals surface area (Å²) < 4.78 is 0. The first kappa shape index (κ1) is 15.4. The van der Waals surface area contributed by atoms with Gasteiger partial charge in [0, 0.05) is 24.6 Å². The molecule has 0 N–H and O–H groups in total. The molecule has 2 rings (SSSR count). The quantitative estimate of drug-likeness (QED) is 0.587. The second kappa shape index (κ2) is 7.13. The summed E-state index contributed by atoms with van der Waals surface area (Å²) in [5.41, 5.74) is 2.27. The van der Waals surface area contributed by atoms with Gasteiger partial charge in [0.05, 0.1) is 11.6 Å². The monoisotopic (exact) mass is 334 g/mol. The zero-order valence-corrected chi connectivity index (χ0v) is 13.8. The number of nitrogens with zero attached hydrogens (tertiary/aromatic N) is 2. The minimum absolute atomic E-state index is 0.383. The molecule has 1 fully saturated rings. The highest BCUT2D eigenvalue weighted by Crippen LogP contribution is 2.38. The Labute approximate surface area is 130 Å². The lowest BCUT2D eigenvalue weighted by molar-refractivity contribution is 0.295. The minimum Gasteiger partial charge on any atom is -0.374 e. The van der Waals surface area contributed by atoms with Gasteiger partial charge in [-0.15, -0.1) is 0 Å². The molecular formula is C17H23BrN2. The molecule has 0 radical (unpaired) electrons. The highest BCUT2D eigenvalue weighted by molar-refractivity contribution is 9.09. The number of hydrogen-bond acceptors (Lipinski definition) is 2. The van der Waals surface area contributed by atoms with Crippen molar-refractivity contribution in [3.63, 3.8) is 0 Å². The van der Waals surface area contributed by atoms with Gasteiger partial charge in [-0.05, 0) is 36.5 Å². The summed E-state index contributed by atoms with van der Waals surface area (Å²) >= 11 is 3.75. The number of nitriles is 1. The average Bonchev–Trinajstić information content (AvgIpc) is 2.73. The van der Waals surface area contributed by atoms with Crippen molar-refractivity contribution in [1.29, 1.82) is 5.26 Å². The number of anilines is 1. The molecule has 0 bridgehead atoms. The van der Waals surface area contributed by atoms with Gasteiger partial charge < -0.3 is 4.90 Å². The van der Waals surface area contributed by atoms with E-state index in [-0.39, 0.29) is 0 Å². The summed E-state index contributed by atoms with van der Waals surface area (Å²) in [7, 11) is 2.14. The lowest BCUT2D eigenvalue weighted by Gasteiger charge is -2.36. The van der Waals surface area contributed by atoms with Gasteiger partial charge in [-0.3, -0.25) is 0 Å². The van der Waals surface area contributed by atoms with E-state index in [1.807, 2.05) is 18.2 Å². The van der Waals surface area contributed by atoms with E-state index >= 15 is 0 Å². The lowest BCUT2D eigenvalue weighted by Crippen LogP contribution is -2.37. The lowest BCUT2D eigenvalue weighted by atomic mass is 9.82. The van der Waals surface area contributed by atoms with E-state index in [9.17, 15) is 0 Å². The van der Waals surface area contributed by atoms with E-state index in [1.54, 1.807) is 0 Å². The second-order valence-electron chi connectivity index (χ2n) is 6.07. The Hall–Kier alpha value is -1.01. The molecule has 108 valence electrons. The maximum atomic E-state index is 9.02. The van der Waals surface area contributed by atoms with Gasteiger partial charge in [-0.25, -0.2) is 0 Å². The number of hydrogen-bond donors (Lipinski definition) is 0. The van der Waals surface area contributed by atoms with Gasteiger partial charge in [0.25, 0.3) is 0 Å². The van der Waals surface area contributed by atoms with Gasteiger partial charge in [-0.2, -0.15) is 5.26 Å². The number of alkyl halides is 1. The van der Waals surface area contributed by atoms with Crippen molar-refractivity contribution in [2.75, 3.05) is 23.8 Å². The van der Waals surface area contributed by atoms with Gasteiger partial charge >= 0.3 is 0 Å². The van der Waals surface area contributed by atoms with E-state index in [4.69, 9.17) is 5.26 Å². The van der Waals surface area contributed by atoms with Crippen LogP contribution in [-0.2, 0) is 0 Å². The zero-order chi connectivity index (χ0) is 14.4. The van der Waals surface area contributed by atoms with Crippen LogP contribution in [0.3, 0.4) is 0 Å². The minimum atomic E-state index is 0.383. The Balaban J connectivity index is 2.11. The fourth-order valence-corrected chi connectivity index (χ4v) is 3.96. The molecule has 0 spiro atoms. The first-order chi connectivity index (χ1) is 9.69. The molecule has 0 unspecified atom stereocenters. The van der Waals surface area contributed by atoms with Gasteiger partial charge in [-0.1, -0.05) is 47.7 Å². The zero-order valence-electron chi connectivity index (χ0n) is 12.2. The van der Waals surface area contributed by atoms with Crippen LogP contribution in [0.4, 0.5) is 5.69 Å². The van der Waals surface area contributed by atoms with Crippen molar-refractivity contribution in [2.45, 2.75) is 38.5 Å². The van der Waals surface area contributed by atoms with E-state index in [0.29, 0.717) is 5.41 Å². The van der Waals surface area contributed by atoms with E-state index in [0.717, 1.165) is 23.1 Å². The molecule has 0 amide bonds. The van der Waals surface area contributed by atoms with Crippen LogP contribution in [0.25, 0.3) is 0 Å². The van der Waals surface area contributed by atoms with Crippen molar-refractivity contribution in [3.05, 3.63) is 29.8 Å². The van der Waals surface area contributed by atoms with Crippen LogP contribution < -0.4 is 4.90 Å². The molecule has 0 saturated heterocycles. The molecule has 1 aromatic rings. The summed E-state index contributed by atoms with van der Waals surface area (Å²) in [4.78, 5) is 2.31. The summed E-state index contributed by atoms with van der Waals surface area (Å²) in [6, 6.07) is 10.1. The van der Waals surface area contributed by atoms with E-state index in [1.165, 1.54) is 38.5 Å². The van der Waals surface area contributed by atoms with Gasteiger partial charge in [0.15, 0.2) is 0 Å². The van der Waals surface area contributed by atoms with Crippen LogP contribution in [-0.4, -0.2) is 18.9 Å². The smallest absolute Gasteiger partial charge is 0.0992 e. The van der Waals surface area contributed by atoms with Gasteiger partial charge in [0.2, 0.25) is 0 Å². The van der Waals surface area contributed by atoms with Gasteiger partial charge in [0.1, 0.15) is 0 Å². The van der Waals surface area contributed by atoms with Crippen molar-refractivity contribution < 1.29 is 0 Å². The molecule has 0 aromatic heterocycles. The highest BCUT2D eigenvalue weighted by atomic mass is 79.9. The Kier molecular flexibility index (Phi) is 5.48. The van der Waals surface area contributed by atoms with E-state index < -0.39 is 0 Å². The van der Waals surface area contributed by atoms with Crippen LogP contribution >= 0.6 is 15.9 Å². The van der Waals surface area contributed by atoms with Crippen molar-refractivity contribution >= 4 is 21.6 Å². The SMILES string of the molecule is CN(CC1(CBr)CCCCCC1)c1cccc(C#N)c1. The van der Waals surface area contributed by atoms with Crippen molar-refractivity contribution in [2.24, 2.45) is 5.41 Å². The molecule has 0 aliphatic heterocycles. The third-order valence-electron chi connectivity index (χ3n) is 4.44. The molecule has 1 aromatic carbocycles. The first-order valence-corrected chi connectivity index (χ1v) is 8.58. The maximum absolute atomic E-state index is 9.02. The third-order valence-corrected chi connectivity index (χ3v) is 5.63. The standard InChI is InChI=1S/C17H23BrN2/c1-20(16-8-6-7-15(11-16)12-19)14-17(13-18)9-4-2-3-5-10-17/h6-8,11H,2-5,9-10,13-14H2,1H3. The Bertz CT molecular complexity index is 470. The van der Waals surface area contributed by atoms with Crippen LogP contribution in [0.15, 0.2) is 24.3 Å². The van der Waals surface area contributed by atoms with Crippen LogP contribution in [0, 0.1) is 16.7 Å². The average molecular weight is 335 g/mol. The predicted molar refractivity (Wildman–Crippen MR) is 88.4 cm³/mol. The molecule has 20 heavy (non-hydrogen) atoms. The summed E-state index contributed by atoms with van der Waals surface area (Å²) in [6.45, 7) is 1.06. The topological polar surface area (TPSA) is 27.0 Å². The van der Waals surface area contributed by atoms with Crippen LogP contribution in [0.5, 0.6) is 0 Å². The summed E-state index contributed by atoms with van der Waals surface area (Å²) in [6.07, 6.45) is 8.06. The molecule has 1 saturated carbocycles.